The van der Waals surface area contributed by atoms with Crippen LogP contribution < -0.4 is 4.90 Å². The zero-order valence-electron chi connectivity index (χ0n) is 11.0. The smallest absolute Gasteiger partial charge is 0.101 e. The Morgan fingerprint density at radius 2 is 1.89 bits per heavy atom. The lowest BCUT2D eigenvalue weighted by molar-refractivity contribution is 1.01. The van der Waals surface area contributed by atoms with E-state index in [1.807, 2.05) is 24.3 Å². The van der Waals surface area contributed by atoms with Gasteiger partial charge in [0.2, 0.25) is 0 Å². The molecule has 0 radical (unpaired) electrons. The van der Waals surface area contributed by atoms with E-state index < -0.39 is 0 Å². The number of nitriles is 1. The number of para-hydroxylation sites is 1. The van der Waals surface area contributed by atoms with E-state index in [4.69, 9.17) is 11.6 Å². The molecule has 0 fully saturated rings. The maximum atomic E-state index is 9.27. The van der Waals surface area contributed by atoms with E-state index in [0.29, 0.717) is 10.6 Å². The summed E-state index contributed by atoms with van der Waals surface area (Å²) >= 11 is 5.95. The molecule has 19 heavy (non-hydrogen) atoms. The molecule has 2 aromatic rings. The van der Waals surface area contributed by atoms with Gasteiger partial charge in [0.05, 0.1) is 11.3 Å². The predicted molar refractivity (Wildman–Crippen MR) is 80.0 cm³/mol. The standard InChI is InChI=1S/C16H15ClN2/c1-3-19(15-7-5-4-6-12(15)2)16-9-8-14(17)10-13(16)11-18/h4-10H,3H2,1-2H3. The van der Waals surface area contributed by atoms with Gasteiger partial charge in [-0.1, -0.05) is 29.8 Å². The van der Waals surface area contributed by atoms with E-state index in [1.165, 1.54) is 5.56 Å². The van der Waals surface area contributed by atoms with Gasteiger partial charge in [0.25, 0.3) is 0 Å². The zero-order chi connectivity index (χ0) is 13.8. The summed E-state index contributed by atoms with van der Waals surface area (Å²) in [6.07, 6.45) is 0. The molecule has 0 aromatic heterocycles. The molecule has 2 nitrogen and oxygen atoms in total. The van der Waals surface area contributed by atoms with Crippen LogP contribution in [0.25, 0.3) is 0 Å². The van der Waals surface area contributed by atoms with Crippen molar-refractivity contribution < 1.29 is 0 Å². The molecule has 0 heterocycles. The van der Waals surface area contributed by atoms with Gasteiger partial charge in [-0.15, -0.1) is 0 Å². The van der Waals surface area contributed by atoms with Gasteiger partial charge < -0.3 is 4.90 Å². The third kappa shape index (κ3) is 2.72. The number of halogens is 1. The number of benzene rings is 2. The molecule has 2 rings (SSSR count). The van der Waals surface area contributed by atoms with E-state index in [9.17, 15) is 5.26 Å². The fourth-order valence-electron chi connectivity index (χ4n) is 2.17. The maximum Gasteiger partial charge on any atom is 0.101 e. The van der Waals surface area contributed by atoms with Crippen LogP contribution in [0.1, 0.15) is 18.1 Å². The largest absolute Gasteiger partial charge is 0.340 e. The van der Waals surface area contributed by atoms with E-state index in [2.05, 4.69) is 36.9 Å². The van der Waals surface area contributed by atoms with Crippen molar-refractivity contribution >= 4 is 23.0 Å². The molecule has 0 atom stereocenters. The van der Waals surface area contributed by atoms with Gasteiger partial charge in [-0.2, -0.15) is 5.26 Å². The quantitative estimate of drug-likeness (QED) is 0.810. The van der Waals surface area contributed by atoms with Crippen LogP contribution >= 0.6 is 11.6 Å². The second kappa shape index (κ2) is 5.77. The molecule has 0 saturated heterocycles. The second-order valence-electron chi connectivity index (χ2n) is 4.30. The molecular formula is C16H15ClN2. The van der Waals surface area contributed by atoms with Crippen LogP contribution in [-0.2, 0) is 0 Å². The fraction of sp³-hybridized carbons (Fsp3) is 0.188. The Morgan fingerprint density at radius 1 is 1.16 bits per heavy atom. The van der Waals surface area contributed by atoms with E-state index >= 15 is 0 Å². The van der Waals surface area contributed by atoms with Gasteiger partial charge in [-0.25, -0.2) is 0 Å². The number of nitrogens with zero attached hydrogens (tertiary/aromatic N) is 2. The lowest BCUT2D eigenvalue weighted by Gasteiger charge is -2.26. The Labute approximate surface area is 118 Å². The number of hydrogen-bond acceptors (Lipinski definition) is 2. The van der Waals surface area contributed by atoms with Gasteiger partial charge in [0.15, 0.2) is 0 Å². The molecule has 0 aliphatic heterocycles. The van der Waals surface area contributed by atoms with Crippen LogP contribution in [0.4, 0.5) is 11.4 Å². The van der Waals surface area contributed by atoms with Gasteiger partial charge in [0.1, 0.15) is 6.07 Å². The number of aryl methyl sites for hydroxylation is 1. The van der Waals surface area contributed by atoms with Gasteiger partial charge in [-0.3, -0.25) is 0 Å². The zero-order valence-corrected chi connectivity index (χ0v) is 11.8. The SMILES string of the molecule is CCN(c1ccccc1C)c1ccc(Cl)cc1C#N. The maximum absolute atomic E-state index is 9.27. The van der Waals surface area contributed by atoms with Gasteiger partial charge in [-0.05, 0) is 43.7 Å². The fourth-order valence-corrected chi connectivity index (χ4v) is 2.34. The lowest BCUT2D eigenvalue weighted by atomic mass is 10.1. The van der Waals surface area contributed by atoms with Crippen molar-refractivity contribution in [3.8, 4) is 6.07 Å². The van der Waals surface area contributed by atoms with E-state index in [1.54, 1.807) is 6.07 Å². The highest BCUT2D eigenvalue weighted by molar-refractivity contribution is 6.30. The molecule has 3 heteroatoms. The van der Waals surface area contributed by atoms with Crippen LogP contribution in [0, 0.1) is 18.3 Å². The predicted octanol–water partition coefficient (Wildman–Crippen LogP) is 4.68. The summed E-state index contributed by atoms with van der Waals surface area (Å²) in [5.74, 6) is 0. The Balaban J connectivity index is 2.55. The van der Waals surface area contributed by atoms with Crippen molar-refractivity contribution in [3.63, 3.8) is 0 Å². The van der Waals surface area contributed by atoms with Crippen molar-refractivity contribution in [1.29, 1.82) is 5.26 Å². The minimum Gasteiger partial charge on any atom is -0.340 e. The highest BCUT2D eigenvalue weighted by Crippen LogP contribution is 2.31. The van der Waals surface area contributed by atoms with Gasteiger partial charge in [0, 0.05) is 17.3 Å². The second-order valence-corrected chi connectivity index (χ2v) is 4.74. The van der Waals surface area contributed by atoms with E-state index in [-0.39, 0.29) is 0 Å². The molecule has 0 bridgehead atoms. The van der Waals surface area contributed by atoms with Crippen molar-refractivity contribution in [2.24, 2.45) is 0 Å². The molecular weight excluding hydrogens is 256 g/mol. The van der Waals surface area contributed by atoms with Crippen LogP contribution in [0.2, 0.25) is 5.02 Å². The Hall–Kier alpha value is -1.98. The Bertz CT molecular complexity index is 629. The average Bonchev–Trinajstić information content (AvgIpc) is 2.43. The normalized spacial score (nSPS) is 10.0. The summed E-state index contributed by atoms with van der Waals surface area (Å²) in [7, 11) is 0. The Morgan fingerprint density at radius 3 is 2.53 bits per heavy atom. The molecule has 0 amide bonds. The average molecular weight is 271 g/mol. The van der Waals surface area contributed by atoms with Gasteiger partial charge >= 0.3 is 0 Å². The minimum atomic E-state index is 0.584. The first-order chi connectivity index (χ1) is 9.17. The molecule has 0 N–H and O–H groups in total. The molecule has 2 aromatic carbocycles. The molecule has 96 valence electrons. The number of hydrogen-bond donors (Lipinski definition) is 0. The first-order valence-corrected chi connectivity index (χ1v) is 6.58. The molecule has 0 aliphatic rings. The third-order valence-electron chi connectivity index (χ3n) is 3.09. The molecule has 0 spiro atoms. The highest BCUT2D eigenvalue weighted by Gasteiger charge is 2.13. The first kappa shape index (κ1) is 13.5. The monoisotopic (exact) mass is 270 g/mol. The van der Waals surface area contributed by atoms with Crippen molar-refractivity contribution in [1.82, 2.24) is 0 Å². The lowest BCUT2D eigenvalue weighted by Crippen LogP contribution is -2.18. The van der Waals surface area contributed by atoms with Crippen molar-refractivity contribution in [2.75, 3.05) is 11.4 Å². The minimum absolute atomic E-state index is 0.584. The first-order valence-electron chi connectivity index (χ1n) is 6.20. The molecule has 0 saturated carbocycles. The number of anilines is 2. The topological polar surface area (TPSA) is 27.0 Å². The summed E-state index contributed by atoms with van der Waals surface area (Å²) in [6.45, 7) is 4.93. The summed E-state index contributed by atoms with van der Waals surface area (Å²) in [4.78, 5) is 2.13. The summed E-state index contributed by atoms with van der Waals surface area (Å²) in [6, 6.07) is 15.8. The van der Waals surface area contributed by atoms with Crippen LogP contribution in [0.5, 0.6) is 0 Å². The molecule has 0 unspecified atom stereocenters. The van der Waals surface area contributed by atoms with Crippen LogP contribution in [0.3, 0.4) is 0 Å². The highest BCUT2D eigenvalue weighted by atomic mass is 35.5. The van der Waals surface area contributed by atoms with E-state index in [0.717, 1.165) is 17.9 Å². The third-order valence-corrected chi connectivity index (χ3v) is 3.33. The van der Waals surface area contributed by atoms with Crippen LogP contribution in [0.15, 0.2) is 42.5 Å². The van der Waals surface area contributed by atoms with Crippen molar-refractivity contribution in [3.05, 3.63) is 58.6 Å². The summed E-state index contributed by atoms with van der Waals surface area (Å²) in [5, 5.41) is 9.85. The van der Waals surface area contributed by atoms with Crippen LogP contribution in [-0.4, -0.2) is 6.54 Å². The molecule has 0 aliphatic carbocycles. The summed E-state index contributed by atoms with van der Waals surface area (Å²) < 4.78 is 0. The summed E-state index contributed by atoms with van der Waals surface area (Å²) in [5.41, 5.74) is 3.79. The Kier molecular flexibility index (Phi) is 4.09. The van der Waals surface area contributed by atoms with Crippen molar-refractivity contribution in [2.45, 2.75) is 13.8 Å². The number of rotatable bonds is 3.